The molecule has 168 valence electrons. The van der Waals surface area contributed by atoms with E-state index in [1.54, 1.807) is 7.05 Å². The number of amides is 1. The monoisotopic (exact) mass is 427 g/mol. The van der Waals surface area contributed by atoms with Crippen LogP contribution in [0.25, 0.3) is 0 Å². The van der Waals surface area contributed by atoms with E-state index in [-0.39, 0.29) is 28.3 Å². The number of Topliss-reactive ketones (excluding diaryl/α,β-unsaturated/α-hetero) is 1. The zero-order valence-corrected chi connectivity index (χ0v) is 19.4. The number of hydrogen-bond donors (Lipinski definition) is 1. The molecule has 0 radical (unpaired) electrons. The molecule has 6 heteroatoms. The molecule has 2 saturated carbocycles. The minimum atomic E-state index is -3.20. The third-order valence-electron chi connectivity index (χ3n) is 6.96. The Hall–Kier alpha value is -0.910. The van der Waals surface area contributed by atoms with Crippen LogP contribution in [0, 0.1) is 10.8 Å². The third-order valence-corrected chi connectivity index (χ3v) is 7.75. The number of hydrogen-bond acceptors (Lipinski definition) is 4. The van der Waals surface area contributed by atoms with Gasteiger partial charge in [-0.2, -0.15) is 0 Å². The van der Waals surface area contributed by atoms with Crippen molar-refractivity contribution in [3.8, 4) is 0 Å². The molecule has 0 aliphatic heterocycles. The number of carbonyl (C=O) groups excluding carboxylic acids is 2. The Morgan fingerprint density at radius 3 is 1.45 bits per heavy atom. The maximum Gasteiger partial charge on any atom is 0.225 e. The Bertz CT molecular complexity index is 648. The third kappa shape index (κ3) is 8.39. The highest BCUT2D eigenvalue weighted by Gasteiger charge is 2.49. The van der Waals surface area contributed by atoms with Crippen LogP contribution in [0.3, 0.4) is 0 Å². The van der Waals surface area contributed by atoms with Crippen molar-refractivity contribution in [2.45, 2.75) is 103 Å². The van der Waals surface area contributed by atoms with Crippen molar-refractivity contribution in [2.75, 3.05) is 19.1 Å². The highest BCUT2D eigenvalue weighted by molar-refractivity contribution is 7.91. The SMILES string of the molecule is CNC(=O)C1(CCCCCCCCCCCCC2(C(=O)CS(C)(=O)=O)CC2)CC1. The molecule has 0 saturated heterocycles. The van der Waals surface area contributed by atoms with E-state index in [1.165, 1.54) is 51.4 Å². The highest BCUT2D eigenvalue weighted by Crippen LogP contribution is 2.51. The van der Waals surface area contributed by atoms with Crippen molar-refractivity contribution in [1.82, 2.24) is 5.32 Å². The molecule has 2 aliphatic rings. The van der Waals surface area contributed by atoms with Gasteiger partial charge in [0.25, 0.3) is 0 Å². The first kappa shape index (κ1) is 24.4. The molecule has 0 unspecified atom stereocenters. The average molecular weight is 428 g/mol. The van der Waals surface area contributed by atoms with E-state index in [0.29, 0.717) is 0 Å². The molecular formula is C23H41NO4S. The fraction of sp³-hybridized carbons (Fsp3) is 0.913. The molecule has 0 aromatic heterocycles. The van der Waals surface area contributed by atoms with Crippen LogP contribution >= 0.6 is 0 Å². The van der Waals surface area contributed by atoms with Crippen LogP contribution in [0.4, 0.5) is 0 Å². The normalized spacial score (nSPS) is 19.0. The summed E-state index contributed by atoms with van der Waals surface area (Å²) in [5.41, 5.74) is -0.302. The lowest BCUT2D eigenvalue weighted by Gasteiger charge is -2.13. The van der Waals surface area contributed by atoms with Crippen LogP contribution in [0.1, 0.15) is 103 Å². The summed E-state index contributed by atoms with van der Waals surface area (Å²) in [6.45, 7) is 0. The molecule has 0 bridgehead atoms. The Labute approximate surface area is 177 Å². The Morgan fingerprint density at radius 2 is 1.10 bits per heavy atom. The zero-order valence-electron chi connectivity index (χ0n) is 18.6. The van der Waals surface area contributed by atoms with Gasteiger partial charge in [0.15, 0.2) is 15.6 Å². The molecule has 5 nitrogen and oxygen atoms in total. The van der Waals surface area contributed by atoms with Crippen molar-refractivity contribution in [3.63, 3.8) is 0 Å². The first-order valence-corrected chi connectivity index (χ1v) is 13.7. The van der Waals surface area contributed by atoms with E-state index in [0.717, 1.165) is 57.6 Å². The molecule has 1 amide bonds. The van der Waals surface area contributed by atoms with Gasteiger partial charge in [-0.3, -0.25) is 9.59 Å². The Balaban J connectivity index is 1.39. The second kappa shape index (κ2) is 10.9. The Morgan fingerprint density at radius 1 is 0.724 bits per heavy atom. The quantitative estimate of drug-likeness (QED) is 0.344. The number of sulfone groups is 1. The van der Waals surface area contributed by atoms with Crippen molar-refractivity contribution in [2.24, 2.45) is 10.8 Å². The summed E-state index contributed by atoms with van der Waals surface area (Å²) < 4.78 is 22.7. The number of nitrogens with one attached hydrogen (secondary N) is 1. The van der Waals surface area contributed by atoms with Gasteiger partial charge in [0.05, 0.1) is 0 Å². The van der Waals surface area contributed by atoms with Gasteiger partial charge < -0.3 is 5.32 Å². The van der Waals surface area contributed by atoms with Crippen LogP contribution in [0.15, 0.2) is 0 Å². The van der Waals surface area contributed by atoms with E-state index < -0.39 is 9.84 Å². The summed E-state index contributed by atoms with van der Waals surface area (Å²) in [5.74, 6) is -0.0902. The summed E-state index contributed by atoms with van der Waals surface area (Å²) in [6.07, 6.45) is 19.2. The van der Waals surface area contributed by atoms with E-state index in [1.807, 2.05) is 0 Å². The molecule has 2 aliphatic carbocycles. The Kier molecular flexibility index (Phi) is 9.17. The van der Waals surface area contributed by atoms with Gasteiger partial charge in [-0.05, 0) is 38.5 Å². The lowest BCUT2D eigenvalue weighted by Crippen LogP contribution is -2.28. The van der Waals surface area contributed by atoms with Crippen molar-refractivity contribution >= 4 is 21.5 Å². The van der Waals surface area contributed by atoms with Crippen LogP contribution in [-0.4, -0.2) is 39.2 Å². The summed E-state index contributed by atoms with van der Waals surface area (Å²) in [4.78, 5) is 24.0. The first-order valence-electron chi connectivity index (χ1n) is 11.7. The summed E-state index contributed by atoms with van der Waals surface area (Å²) >= 11 is 0. The fourth-order valence-electron chi connectivity index (χ4n) is 4.56. The molecule has 0 heterocycles. The van der Waals surface area contributed by atoms with E-state index in [9.17, 15) is 18.0 Å². The van der Waals surface area contributed by atoms with Crippen molar-refractivity contribution < 1.29 is 18.0 Å². The van der Waals surface area contributed by atoms with Crippen molar-refractivity contribution in [3.05, 3.63) is 0 Å². The molecule has 29 heavy (non-hydrogen) atoms. The average Bonchev–Trinajstić information content (AvgIpc) is 3.56. The molecule has 2 fully saturated rings. The topological polar surface area (TPSA) is 80.3 Å². The van der Waals surface area contributed by atoms with Gasteiger partial charge in [-0.15, -0.1) is 0 Å². The van der Waals surface area contributed by atoms with E-state index in [4.69, 9.17) is 0 Å². The summed E-state index contributed by atoms with van der Waals surface area (Å²) in [5, 5.41) is 2.80. The second-order valence-corrected chi connectivity index (χ2v) is 11.8. The molecule has 0 atom stereocenters. The minimum absolute atomic E-state index is 0.0107. The number of carbonyl (C=O) groups is 2. The molecule has 0 aromatic rings. The molecule has 2 rings (SSSR count). The van der Waals surface area contributed by atoms with Crippen LogP contribution in [-0.2, 0) is 19.4 Å². The summed E-state index contributed by atoms with van der Waals surface area (Å²) in [7, 11) is -1.46. The van der Waals surface area contributed by atoms with Gasteiger partial charge in [-0.1, -0.05) is 64.2 Å². The highest BCUT2D eigenvalue weighted by atomic mass is 32.2. The zero-order chi connectivity index (χ0) is 21.4. The maximum atomic E-state index is 12.2. The van der Waals surface area contributed by atoms with E-state index >= 15 is 0 Å². The number of ketones is 1. The van der Waals surface area contributed by atoms with Gasteiger partial charge in [0.2, 0.25) is 5.91 Å². The lowest BCUT2D eigenvalue weighted by molar-refractivity contribution is -0.126. The fourth-order valence-corrected chi connectivity index (χ4v) is 5.34. The first-order chi connectivity index (χ1) is 13.7. The molecular weight excluding hydrogens is 386 g/mol. The predicted molar refractivity (Wildman–Crippen MR) is 118 cm³/mol. The minimum Gasteiger partial charge on any atom is -0.359 e. The van der Waals surface area contributed by atoms with Gasteiger partial charge in [-0.25, -0.2) is 8.42 Å². The maximum absolute atomic E-state index is 12.2. The molecule has 1 N–H and O–H groups in total. The molecule has 0 spiro atoms. The second-order valence-electron chi connectivity index (χ2n) is 9.67. The lowest BCUT2D eigenvalue weighted by atomic mass is 9.94. The number of rotatable bonds is 17. The van der Waals surface area contributed by atoms with Gasteiger partial charge >= 0.3 is 0 Å². The smallest absolute Gasteiger partial charge is 0.225 e. The van der Waals surface area contributed by atoms with Gasteiger partial charge in [0.1, 0.15) is 5.75 Å². The van der Waals surface area contributed by atoms with Gasteiger partial charge in [0, 0.05) is 24.1 Å². The number of unbranched alkanes of at least 4 members (excludes halogenated alkanes) is 9. The summed E-state index contributed by atoms with van der Waals surface area (Å²) in [6, 6.07) is 0. The standard InChI is InChI=1S/C23H41NO4S/c1-24-21(26)23(17-18-23)14-12-10-8-6-4-3-5-7-9-11-13-22(15-16-22)20(25)19-29(2,27)28/h3-19H2,1-2H3,(H,24,26). The van der Waals surface area contributed by atoms with Crippen LogP contribution in [0.2, 0.25) is 0 Å². The predicted octanol–water partition coefficient (Wildman–Crippen LogP) is 4.59. The molecule has 0 aromatic carbocycles. The van der Waals surface area contributed by atoms with Crippen LogP contribution < -0.4 is 5.32 Å². The van der Waals surface area contributed by atoms with Crippen LogP contribution in [0.5, 0.6) is 0 Å². The van der Waals surface area contributed by atoms with E-state index in [2.05, 4.69) is 5.32 Å². The largest absolute Gasteiger partial charge is 0.359 e. The van der Waals surface area contributed by atoms with Crippen molar-refractivity contribution in [1.29, 1.82) is 0 Å².